The molecule has 3 heteroatoms. The smallest absolute Gasteiger partial charge is 0.0410 e. The van der Waals surface area contributed by atoms with Crippen LogP contribution in [0.5, 0.6) is 0 Å². The van der Waals surface area contributed by atoms with Gasteiger partial charge in [0.1, 0.15) is 0 Å². The number of hydrogen-bond acceptors (Lipinski definition) is 3. The maximum Gasteiger partial charge on any atom is 0.0410 e. The lowest BCUT2D eigenvalue weighted by Crippen LogP contribution is -2.44. The van der Waals surface area contributed by atoms with Gasteiger partial charge in [-0.1, -0.05) is 30.3 Å². The fraction of sp³-hybridized carbons (Fsp3) is 0.412. The van der Waals surface area contributed by atoms with Crippen LogP contribution in [0.4, 0.5) is 0 Å². The van der Waals surface area contributed by atoms with Crippen LogP contribution in [-0.2, 0) is 13.0 Å². The molecule has 3 rings (SSSR count). The first-order valence-electron chi connectivity index (χ1n) is 7.28. The number of likely N-dealkylation sites (N-methyl/N-ethyl adjacent to an activating group) is 1. The molecule has 0 spiro atoms. The Balaban J connectivity index is 1.62. The van der Waals surface area contributed by atoms with Crippen molar-refractivity contribution < 1.29 is 0 Å². The van der Waals surface area contributed by atoms with E-state index in [9.17, 15) is 0 Å². The van der Waals surface area contributed by atoms with Crippen molar-refractivity contribution in [2.75, 3.05) is 13.6 Å². The predicted molar refractivity (Wildman–Crippen MR) is 86.1 cm³/mol. The Morgan fingerprint density at radius 3 is 2.80 bits per heavy atom. The minimum absolute atomic E-state index is 0.494. The van der Waals surface area contributed by atoms with Crippen LogP contribution in [-0.4, -0.2) is 24.5 Å². The molecule has 2 nitrogen and oxygen atoms in total. The first-order chi connectivity index (χ1) is 9.74. The van der Waals surface area contributed by atoms with Crippen molar-refractivity contribution in [3.8, 4) is 0 Å². The average Bonchev–Trinajstić information content (AvgIpc) is 3.00. The maximum absolute atomic E-state index is 3.67. The van der Waals surface area contributed by atoms with Gasteiger partial charge in [0.15, 0.2) is 0 Å². The summed E-state index contributed by atoms with van der Waals surface area (Å²) in [5.41, 5.74) is 2.96. The summed E-state index contributed by atoms with van der Waals surface area (Å²) in [6, 6.07) is 14.2. The zero-order valence-electron chi connectivity index (χ0n) is 12.2. The van der Waals surface area contributed by atoms with E-state index in [1.165, 1.54) is 16.0 Å². The highest BCUT2D eigenvalue weighted by atomic mass is 32.1. The van der Waals surface area contributed by atoms with E-state index in [1.54, 1.807) is 0 Å². The lowest BCUT2D eigenvalue weighted by atomic mass is 9.95. The van der Waals surface area contributed by atoms with Crippen LogP contribution in [0, 0.1) is 0 Å². The van der Waals surface area contributed by atoms with Crippen LogP contribution >= 0.6 is 11.3 Å². The van der Waals surface area contributed by atoms with E-state index in [4.69, 9.17) is 0 Å². The molecule has 0 aliphatic carbocycles. The van der Waals surface area contributed by atoms with Gasteiger partial charge in [0.25, 0.3) is 0 Å². The first kappa shape index (κ1) is 13.8. The first-order valence-corrected chi connectivity index (χ1v) is 8.16. The van der Waals surface area contributed by atoms with Gasteiger partial charge in [-0.05, 0) is 43.0 Å². The van der Waals surface area contributed by atoms with E-state index >= 15 is 0 Å². The molecule has 1 aromatic carbocycles. The second kappa shape index (κ2) is 6.08. The molecule has 0 fully saturated rings. The van der Waals surface area contributed by atoms with Crippen molar-refractivity contribution in [2.45, 2.75) is 32.0 Å². The molecular weight excluding hydrogens is 264 g/mol. The lowest BCUT2D eigenvalue weighted by Gasteiger charge is -2.32. The van der Waals surface area contributed by atoms with Crippen molar-refractivity contribution in [3.63, 3.8) is 0 Å². The molecule has 1 aliphatic heterocycles. The average molecular weight is 286 g/mol. The second-order valence-corrected chi connectivity index (χ2v) is 6.66. The van der Waals surface area contributed by atoms with E-state index in [0.717, 1.165) is 19.5 Å². The fourth-order valence-electron chi connectivity index (χ4n) is 2.90. The summed E-state index contributed by atoms with van der Waals surface area (Å²) in [6.45, 7) is 4.39. The molecule has 0 radical (unpaired) electrons. The Bertz CT molecular complexity index is 550. The number of nitrogens with one attached hydrogen (secondary N) is 1. The van der Waals surface area contributed by atoms with Gasteiger partial charge >= 0.3 is 0 Å². The highest BCUT2D eigenvalue weighted by Gasteiger charge is 2.21. The Labute approximate surface area is 125 Å². The van der Waals surface area contributed by atoms with E-state index in [1.807, 2.05) is 11.3 Å². The normalized spacial score (nSPS) is 19.9. The minimum atomic E-state index is 0.494. The third-order valence-corrected chi connectivity index (χ3v) is 5.33. The highest BCUT2D eigenvalue weighted by Crippen LogP contribution is 2.24. The zero-order chi connectivity index (χ0) is 13.9. The monoisotopic (exact) mass is 286 g/mol. The van der Waals surface area contributed by atoms with E-state index in [-0.39, 0.29) is 0 Å². The van der Waals surface area contributed by atoms with Crippen LogP contribution in [0.3, 0.4) is 0 Å². The summed E-state index contributed by atoms with van der Waals surface area (Å²) in [7, 11) is 2.23. The lowest BCUT2D eigenvalue weighted by molar-refractivity contribution is 0.228. The van der Waals surface area contributed by atoms with Crippen molar-refractivity contribution in [1.82, 2.24) is 10.2 Å². The molecule has 1 aliphatic rings. The SMILES string of the molecule is CC(c1cccs1)N(C)CC1Cc2ccccc2CN1. The number of rotatable bonds is 4. The van der Waals surface area contributed by atoms with Gasteiger partial charge in [0, 0.05) is 30.1 Å². The van der Waals surface area contributed by atoms with Gasteiger partial charge in [-0.15, -0.1) is 11.3 Å². The summed E-state index contributed by atoms with van der Waals surface area (Å²) in [4.78, 5) is 3.90. The van der Waals surface area contributed by atoms with Gasteiger partial charge in [0.05, 0.1) is 0 Å². The molecule has 2 aromatic rings. The number of benzene rings is 1. The van der Waals surface area contributed by atoms with Crippen molar-refractivity contribution in [3.05, 3.63) is 57.8 Å². The summed E-state index contributed by atoms with van der Waals surface area (Å²) < 4.78 is 0. The van der Waals surface area contributed by atoms with Crippen molar-refractivity contribution in [2.24, 2.45) is 0 Å². The Morgan fingerprint density at radius 2 is 2.05 bits per heavy atom. The second-order valence-electron chi connectivity index (χ2n) is 5.68. The van der Waals surface area contributed by atoms with Crippen LogP contribution in [0.15, 0.2) is 41.8 Å². The van der Waals surface area contributed by atoms with Gasteiger partial charge in [-0.3, -0.25) is 4.90 Å². The molecule has 0 saturated heterocycles. The van der Waals surface area contributed by atoms with Crippen molar-refractivity contribution >= 4 is 11.3 Å². The van der Waals surface area contributed by atoms with Crippen LogP contribution in [0.2, 0.25) is 0 Å². The number of hydrogen-bond donors (Lipinski definition) is 1. The molecule has 2 heterocycles. The molecule has 0 bridgehead atoms. The molecular formula is C17H22N2S. The standard InChI is InChI=1S/C17H22N2S/c1-13(17-8-5-9-20-17)19(2)12-16-10-14-6-3-4-7-15(14)11-18-16/h3-9,13,16,18H,10-12H2,1-2H3. The van der Waals surface area contributed by atoms with E-state index in [2.05, 4.69) is 66.0 Å². The quantitative estimate of drug-likeness (QED) is 0.926. The third-order valence-electron chi connectivity index (χ3n) is 4.29. The number of fused-ring (bicyclic) bond motifs is 1. The molecule has 0 amide bonds. The van der Waals surface area contributed by atoms with Gasteiger partial charge in [-0.2, -0.15) is 0 Å². The Morgan fingerprint density at radius 1 is 1.25 bits per heavy atom. The summed E-state index contributed by atoms with van der Waals surface area (Å²) >= 11 is 1.85. The van der Waals surface area contributed by atoms with Gasteiger partial charge in [0.2, 0.25) is 0 Å². The number of thiophene rings is 1. The van der Waals surface area contributed by atoms with Crippen LogP contribution in [0.1, 0.15) is 29.0 Å². The fourth-order valence-corrected chi connectivity index (χ4v) is 3.75. The van der Waals surface area contributed by atoms with Gasteiger partial charge < -0.3 is 5.32 Å². The Hall–Kier alpha value is -1.16. The van der Waals surface area contributed by atoms with Crippen molar-refractivity contribution in [1.29, 1.82) is 0 Å². The Kier molecular flexibility index (Phi) is 4.20. The topological polar surface area (TPSA) is 15.3 Å². The highest BCUT2D eigenvalue weighted by molar-refractivity contribution is 7.10. The predicted octanol–water partition coefficient (Wildman–Crippen LogP) is 3.46. The van der Waals surface area contributed by atoms with E-state index < -0.39 is 0 Å². The van der Waals surface area contributed by atoms with Crippen LogP contribution in [0.25, 0.3) is 0 Å². The molecule has 2 atom stereocenters. The van der Waals surface area contributed by atoms with Gasteiger partial charge in [-0.25, -0.2) is 0 Å². The molecule has 20 heavy (non-hydrogen) atoms. The molecule has 0 saturated carbocycles. The molecule has 1 N–H and O–H groups in total. The molecule has 1 aromatic heterocycles. The minimum Gasteiger partial charge on any atom is -0.308 e. The third kappa shape index (κ3) is 2.95. The summed E-state index contributed by atoms with van der Waals surface area (Å²) in [6.07, 6.45) is 1.14. The maximum atomic E-state index is 3.67. The number of nitrogens with zero attached hydrogens (tertiary/aromatic N) is 1. The summed E-state index contributed by atoms with van der Waals surface area (Å²) in [5.74, 6) is 0. The molecule has 2 unspecified atom stereocenters. The largest absolute Gasteiger partial charge is 0.308 e. The molecule has 106 valence electrons. The summed E-state index contributed by atoms with van der Waals surface area (Å²) in [5, 5.41) is 5.83. The van der Waals surface area contributed by atoms with E-state index in [0.29, 0.717) is 12.1 Å². The zero-order valence-corrected chi connectivity index (χ0v) is 13.0. The van der Waals surface area contributed by atoms with Crippen LogP contribution < -0.4 is 5.32 Å².